The van der Waals surface area contributed by atoms with Crippen molar-refractivity contribution in [2.75, 3.05) is 19.6 Å². The number of nitriles is 1. The number of rotatable bonds is 8. The van der Waals surface area contributed by atoms with Gasteiger partial charge in [-0.2, -0.15) is 5.26 Å². The van der Waals surface area contributed by atoms with Crippen LogP contribution in [0.2, 0.25) is 10.0 Å². The van der Waals surface area contributed by atoms with Gasteiger partial charge in [-0.3, -0.25) is 9.69 Å². The highest BCUT2D eigenvalue weighted by molar-refractivity contribution is 6.34. The van der Waals surface area contributed by atoms with Crippen LogP contribution in [-0.4, -0.2) is 40.0 Å². The molecule has 34 heavy (non-hydrogen) atoms. The van der Waals surface area contributed by atoms with E-state index < -0.39 is 0 Å². The van der Waals surface area contributed by atoms with Gasteiger partial charge in [0, 0.05) is 54.5 Å². The van der Waals surface area contributed by atoms with E-state index in [2.05, 4.69) is 25.8 Å². The van der Waals surface area contributed by atoms with Crippen LogP contribution < -0.4 is 5.32 Å². The van der Waals surface area contributed by atoms with Gasteiger partial charge in [-0.15, -0.1) is 0 Å². The van der Waals surface area contributed by atoms with Crippen LogP contribution in [0.4, 0.5) is 0 Å². The zero-order valence-corrected chi connectivity index (χ0v) is 20.4. The average molecular weight is 496 g/mol. The Balaban J connectivity index is 1.26. The molecule has 1 aromatic heterocycles. The van der Waals surface area contributed by atoms with Gasteiger partial charge in [-0.1, -0.05) is 35.3 Å². The molecule has 1 fully saturated rings. The maximum absolute atomic E-state index is 12.8. The van der Waals surface area contributed by atoms with Crippen LogP contribution in [0.25, 0.3) is 0 Å². The fourth-order valence-corrected chi connectivity index (χ4v) is 4.98. The minimum Gasteiger partial charge on any atom is -0.355 e. The van der Waals surface area contributed by atoms with Crippen LogP contribution in [0.1, 0.15) is 35.2 Å². The Labute approximate surface area is 210 Å². The number of aromatic nitrogens is 2. The molecule has 0 aliphatic carbocycles. The fourth-order valence-electron chi connectivity index (χ4n) is 4.41. The van der Waals surface area contributed by atoms with E-state index in [-0.39, 0.29) is 11.8 Å². The topological polar surface area (TPSA) is 74.0 Å². The number of nitrogens with one attached hydrogen (secondary N) is 1. The van der Waals surface area contributed by atoms with Gasteiger partial charge in [0.1, 0.15) is 0 Å². The Morgan fingerprint density at radius 1 is 1.12 bits per heavy atom. The smallest absolute Gasteiger partial charge is 0.224 e. The molecule has 0 radical (unpaired) electrons. The number of benzene rings is 2. The van der Waals surface area contributed by atoms with Crippen molar-refractivity contribution in [1.29, 1.82) is 5.26 Å². The van der Waals surface area contributed by atoms with Crippen LogP contribution >= 0.6 is 23.2 Å². The van der Waals surface area contributed by atoms with E-state index in [4.69, 9.17) is 28.5 Å². The lowest BCUT2D eigenvalue weighted by Crippen LogP contribution is -2.43. The molecular weight excluding hydrogens is 469 g/mol. The van der Waals surface area contributed by atoms with Crippen LogP contribution in [0.15, 0.2) is 55.0 Å². The molecule has 4 rings (SSSR count). The van der Waals surface area contributed by atoms with Gasteiger partial charge in [0.2, 0.25) is 5.91 Å². The van der Waals surface area contributed by atoms with Crippen molar-refractivity contribution in [2.24, 2.45) is 5.92 Å². The molecule has 176 valence electrons. The molecule has 2 aromatic carbocycles. The first-order valence-corrected chi connectivity index (χ1v) is 12.2. The molecule has 0 spiro atoms. The Bertz CT molecular complexity index is 1150. The Morgan fingerprint density at radius 2 is 1.88 bits per heavy atom. The molecule has 0 bridgehead atoms. The van der Waals surface area contributed by atoms with Gasteiger partial charge >= 0.3 is 0 Å². The van der Waals surface area contributed by atoms with Crippen LogP contribution in [0.3, 0.4) is 0 Å². The fraction of sp³-hybridized carbons (Fsp3) is 0.346. The zero-order valence-electron chi connectivity index (χ0n) is 18.9. The summed E-state index contributed by atoms with van der Waals surface area (Å²) in [7, 11) is 0. The summed E-state index contributed by atoms with van der Waals surface area (Å²) in [6, 6.07) is 15.3. The molecule has 3 aromatic rings. The monoisotopic (exact) mass is 495 g/mol. The lowest BCUT2D eigenvalue weighted by Gasteiger charge is -2.32. The second-order valence-electron chi connectivity index (χ2n) is 8.71. The van der Waals surface area contributed by atoms with Crippen LogP contribution in [0.5, 0.6) is 0 Å². The van der Waals surface area contributed by atoms with E-state index >= 15 is 0 Å². The summed E-state index contributed by atoms with van der Waals surface area (Å²) in [5.74, 6) is 0.0824. The standard InChI is InChI=1S/C26H27Cl2N5O/c27-23-10-21(11-24(28)12-23)15-32-9-1-2-22(17-32)26(34)31-8-7-25-14-30-18-33(25)16-20-5-3-19(13-29)4-6-20/h3-6,10-12,14,18,22H,1-2,7-9,15-17H2,(H,31,34). The Kier molecular flexibility index (Phi) is 8.23. The van der Waals surface area contributed by atoms with E-state index in [1.165, 1.54) is 0 Å². The quantitative estimate of drug-likeness (QED) is 0.492. The molecule has 0 saturated carbocycles. The first kappa shape index (κ1) is 24.3. The summed E-state index contributed by atoms with van der Waals surface area (Å²) < 4.78 is 2.08. The highest BCUT2D eigenvalue weighted by atomic mass is 35.5. The number of amides is 1. The number of piperidine rings is 1. The van der Waals surface area contributed by atoms with Crippen molar-refractivity contribution < 1.29 is 4.79 Å². The summed E-state index contributed by atoms with van der Waals surface area (Å²) >= 11 is 12.3. The largest absolute Gasteiger partial charge is 0.355 e. The van der Waals surface area contributed by atoms with Crippen molar-refractivity contribution in [1.82, 2.24) is 19.8 Å². The molecular formula is C26H27Cl2N5O. The van der Waals surface area contributed by atoms with Crippen molar-refractivity contribution >= 4 is 29.1 Å². The molecule has 1 saturated heterocycles. The molecule has 2 heterocycles. The van der Waals surface area contributed by atoms with E-state index in [9.17, 15) is 4.79 Å². The third-order valence-corrected chi connectivity index (χ3v) is 6.56. The minimum absolute atomic E-state index is 0.0213. The van der Waals surface area contributed by atoms with Crippen molar-refractivity contribution in [3.63, 3.8) is 0 Å². The first-order valence-electron chi connectivity index (χ1n) is 11.4. The number of carbonyl (C=O) groups excluding carboxylic acids is 1. The molecule has 1 N–H and O–H groups in total. The minimum atomic E-state index is -0.0213. The van der Waals surface area contributed by atoms with E-state index in [1.54, 1.807) is 12.4 Å². The summed E-state index contributed by atoms with van der Waals surface area (Å²) in [5.41, 5.74) is 3.88. The highest BCUT2D eigenvalue weighted by Crippen LogP contribution is 2.23. The molecule has 1 aliphatic rings. The number of nitrogens with zero attached hydrogens (tertiary/aromatic N) is 4. The van der Waals surface area contributed by atoms with E-state index in [0.29, 0.717) is 35.1 Å². The van der Waals surface area contributed by atoms with Gasteiger partial charge in [0.25, 0.3) is 0 Å². The number of hydrogen-bond donors (Lipinski definition) is 1. The number of likely N-dealkylation sites (tertiary alicyclic amines) is 1. The number of hydrogen-bond acceptors (Lipinski definition) is 4. The average Bonchev–Trinajstić information content (AvgIpc) is 3.25. The normalized spacial score (nSPS) is 16.2. The molecule has 1 unspecified atom stereocenters. The number of imidazole rings is 1. The molecule has 6 nitrogen and oxygen atoms in total. The second-order valence-corrected chi connectivity index (χ2v) is 9.59. The third kappa shape index (κ3) is 6.60. The number of halogens is 2. The van der Waals surface area contributed by atoms with Crippen LogP contribution in [-0.2, 0) is 24.3 Å². The summed E-state index contributed by atoms with van der Waals surface area (Å²) in [5, 5.41) is 13.3. The summed E-state index contributed by atoms with van der Waals surface area (Å²) in [4.78, 5) is 19.4. The van der Waals surface area contributed by atoms with Crippen LogP contribution in [0, 0.1) is 17.2 Å². The summed E-state index contributed by atoms with van der Waals surface area (Å²) in [6.45, 7) is 3.67. The Morgan fingerprint density at radius 3 is 2.62 bits per heavy atom. The van der Waals surface area contributed by atoms with E-state index in [0.717, 1.165) is 49.3 Å². The van der Waals surface area contributed by atoms with Crippen molar-refractivity contribution in [3.8, 4) is 6.07 Å². The molecule has 8 heteroatoms. The highest BCUT2D eigenvalue weighted by Gasteiger charge is 2.25. The predicted molar refractivity (Wildman–Crippen MR) is 134 cm³/mol. The van der Waals surface area contributed by atoms with Crippen molar-refractivity contribution in [2.45, 2.75) is 32.4 Å². The predicted octanol–water partition coefficient (Wildman–Crippen LogP) is 4.68. The van der Waals surface area contributed by atoms with Gasteiger partial charge in [-0.05, 0) is 60.8 Å². The maximum Gasteiger partial charge on any atom is 0.224 e. The lowest BCUT2D eigenvalue weighted by atomic mass is 9.96. The second kappa shape index (κ2) is 11.5. The first-order chi connectivity index (χ1) is 16.5. The van der Waals surface area contributed by atoms with Gasteiger partial charge in [0.05, 0.1) is 23.9 Å². The summed E-state index contributed by atoms with van der Waals surface area (Å²) in [6.07, 6.45) is 6.24. The van der Waals surface area contributed by atoms with Gasteiger partial charge in [0.15, 0.2) is 0 Å². The van der Waals surface area contributed by atoms with Gasteiger partial charge < -0.3 is 9.88 Å². The molecule has 1 amide bonds. The SMILES string of the molecule is N#Cc1ccc(Cn2cncc2CCNC(=O)C2CCCN(Cc3cc(Cl)cc(Cl)c3)C2)cc1. The molecule has 1 atom stereocenters. The van der Waals surface area contributed by atoms with E-state index in [1.807, 2.05) is 42.6 Å². The maximum atomic E-state index is 12.8. The molecule has 1 aliphatic heterocycles. The third-order valence-electron chi connectivity index (χ3n) is 6.12. The number of carbonyl (C=O) groups is 1. The Hall–Kier alpha value is -2.85. The van der Waals surface area contributed by atoms with Gasteiger partial charge in [-0.25, -0.2) is 4.98 Å². The zero-order chi connectivity index (χ0) is 23.9. The van der Waals surface area contributed by atoms with Crippen molar-refractivity contribution in [3.05, 3.63) is 87.4 Å². The lowest BCUT2D eigenvalue weighted by molar-refractivity contribution is -0.126.